The molecule has 0 spiro atoms. The first-order chi connectivity index (χ1) is 9.38. The van der Waals surface area contributed by atoms with Crippen LogP contribution >= 0.6 is 0 Å². The summed E-state index contributed by atoms with van der Waals surface area (Å²) in [6.45, 7) is 8.80. The van der Waals surface area contributed by atoms with Crippen LogP contribution in [0.1, 0.15) is 31.9 Å². The molecule has 1 aromatic carbocycles. The number of nitrogens with one attached hydrogen (secondary N) is 1. The fraction of sp³-hybridized carbons (Fsp3) is 0.500. The molecule has 0 radical (unpaired) electrons. The van der Waals surface area contributed by atoms with Crippen molar-refractivity contribution in [3.8, 4) is 0 Å². The van der Waals surface area contributed by atoms with Crippen molar-refractivity contribution < 1.29 is 9.59 Å². The molecule has 0 aromatic heterocycles. The van der Waals surface area contributed by atoms with Crippen LogP contribution in [-0.4, -0.2) is 29.8 Å². The molecule has 1 aromatic rings. The molecule has 0 aliphatic carbocycles. The molecular weight excluding hydrogens is 252 g/mol. The highest BCUT2D eigenvalue weighted by molar-refractivity contribution is 5.83. The summed E-state index contributed by atoms with van der Waals surface area (Å²) in [7, 11) is 0. The van der Waals surface area contributed by atoms with Gasteiger partial charge in [-0.25, -0.2) is 0 Å². The monoisotopic (exact) mass is 276 g/mol. The van der Waals surface area contributed by atoms with Crippen LogP contribution in [0.5, 0.6) is 0 Å². The minimum absolute atomic E-state index is 0.0656. The number of hydrogen-bond donors (Lipinski definition) is 1. The lowest BCUT2D eigenvalue weighted by atomic mass is 10.1. The number of carbonyl (C=O) groups excluding carboxylic acids is 2. The number of benzene rings is 1. The van der Waals surface area contributed by atoms with Gasteiger partial charge in [-0.1, -0.05) is 43.7 Å². The highest BCUT2D eigenvalue weighted by Crippen LogP contribution is 2.03. The van der Waals surface area contributed by atoms with Gasteiger partial charge in [-0.05, 0) is 18.4 Å². The van der Waals surface area contributed by atoms with E-state index in [-0.39, 0.29) is 18.4 Å². The van der Waals surface area contributed by atoms with E-state index < -0.39 is 0 Å². The zero-order valence-electron chi connectivity index (χ0n) is 12.8. The first kappa shape index (κ1) is 16.2. The molecule has 2 amide bonds. The summed E-state index contributed by atoms with van der Waals surface area (Å²) < 4.78 is 0. The first-order valence-corrected chi connectivity index (χ1v) is 6.96. The summed E-state index contributed by atoms with van der Waals surface area (Å²) in [4.78, 5) is 24.9. The molecule has 4 heteroatoms. The highest BCUT2D eigenvalue weighted by Gasteiger charge is 2.14. The highest BCUT2D eigenvalue weighted by atomic mass is 16.2. The van der Waals surface area contributed by atoms with Crippen molar-refractivity contribution in [2.75, 3.05) is 13.1 Å². The lowest BCUT2D eigenvalue weighted by molar-refractivity contribution is -0.134. The first-order valence-electron chi connectivity index (χ1n) is 6.96. The Hall–Kier alpha value is -1.84. The molecule has 4 nitrogen and oxygen atoms in total. The number of carbonyl (C=O) groups is 2. The second-order valence-corrected chi connectivity index (χ2v) is 5.56. The molecule has 0 atom stereocenters. The van der Waals surface area contributed by atoms with Gasteiger partial charge in [0.05, 0.1) is 6.54 Å². The zero-order valence-corrected chi connectivity index (χ0v) is 12.8. The molecule has 1 rings (SSSR count). The van der Waals surface area contributed by atoms with Crippen LogP contribution in [0, 0.1) is 12.8 Å². The third kappa shape index (κ3) is 5.87. The Labute approximate surface area is 121 Å². The van der Waals surface area contributed by atoms with E-state index >= 15 is 0 Å². The summed E-state index contributed by atoms with van der Waals surface area (Å²) in [6.07, 6.45) is 0. The molecule has 110 valence electrons. The molecule has 0 saturated carbocycles. The average Bonchev–Trinajstić information content (AvgIpc) is 2.36. The molecule has 0 aliphatic rings. The molecule has 0 heterocycles. The van der Waals surface area contributed by atoms with Crippen LogP contribution in [0.2, 0.25) is 0 Å². The van der Waals surface area contributed by atoms with Crippen molar-refractivity contribution in [3.63, 3.8) is 0 Å². The van der Waals surface area contributed by atoms with Crippen LogP contribution < -0.4 is 5.32 Å². The molecule has 0 fully saturated rings. The number of aryl methyl sites for hydroxylation is 1. The summed E-state index contributed by atoms with van der Waals surface area (Å²) in [5.41, 5.74) is 2.25. The van der Waals surface area contributed by atoms with Crippen molar-refractivity contribution in [2.24, 2.45) is 5.92 Å². The maximum absolute atomic E-state index is 11.9. The van der Waals surface area contributed by atoms with Crippen LogP contribution in [0.25, 0.3) is 0 Å². The van der Waals surface area contributed by atoms with E-state index in [9.17, 15) is 9.59 Å². The van der Waals surface area contributed by atoms with Crippen molar-refractivity contribution in [1.82, 2.24) is 10.2 Å². The lowest BCUT2D eigenvalue weighted by Crippen LogP contribution is -2.41. The third-order valence-corrected chi connectivity index (χ3v) is 2.98. The maximum Gasteiger partial charge on any atom is 0.239 e. The van der Waals surface area contributed by atoms with Gasteiger partial charge >= 0.3 is 0 Å². The van der Waals surface area contributed by atoms with Crippen molar-refractivity contribution in [1.29, 1.82) is 0 Å². The van der Waals surface area contributed by atoms with Crippen LogP contribution in [0.3, 0.4) is 0 Å². The fourth-order valence-electron chi connectivity index (χ4n) is 1.88. The average molecular weight is 276 g/mol. The SMILES string of the molecule is CC(=O)N(CC(=O)NCc1ccc(C)cc1)CC(C)C. The summed E-state index contributed by atoms with van der Waals surface area (Å²) in [6, 6.07) is 8.02. The van der Waals surface area contributed by atoms with Crippen molar-refractivity contribution >= 4 is 11.8 Å². The van der Waals surface area contributed by atoms with E-state index in [0.717, 1.165) is 5.56 Å². The predicted octanol–water partition coefficient (Wildman–Crippen LogP) is 2.12. The van der Waals surface area contributed by atoms with Gasteiger partial charge in [0.25, 0.3) is 0 Å². The standard InChI is InChI=1S/C16H24N2O2/c1-12(2)10-18(14(4)19)11-16(20)17-9-15-7-5-13(3)6-8-15/h5-8,12H,9-11H2,1-4H3,(H,17,20). The van der Waals surface area contributed by atoms with E-state index in [0.29, 0.717) is 19.0 Å². The van der Waals surface area contributed by atoms with E-state index in [1.54, 1.807) is 4.90 Å². The lowest BCUT2D eigenvalue weighted by Gasteiger charge is -2.22. The van der Waals surface area contributed by atoms with E-state index in [4.69, 9.17) is 0 Å². The number of hydrogen-bond acceptors (Lipinski definition) is 2. The zero-order chi connectivity index (χ0) is 15.1. The van der Waals surface area contributed by atoms with E-state index in [2.05, 4.69) is 5.32 Å². The van der Waals surface area contributed by atoms with Gasteiger partial charge in [0, 0.05) is 20.0 Å². The molecular formula is C16H24N2O2. The Morgan fingerprint density at radius 3 is 2.30 bits per heavy atom. The fourth-order valence-corrected chi connectivity index (χ4v) is 1.88. The van der Waals surface area contributed by atoms with Crippen LogP contribution in [0.15, 0.2) is 24.3 Å². The smallest absolute Gasteiger partial charge is 0.239 e. The molecule has 1 N–H and O–H groups in total. The van der Waals surface area contributed by atoms with Gasteiger partial charge in [0.1, 0.15) is 0 Å². The quantitative estimate of drug-likeness (QED) is 0.865. The number of amides is 2. The van der Waals surface area contributed by atoms with Gasteiger partial charge < -0.3 is 10.2 Å². The topological polar surface area (TPSA) is 49.4 Å². The van der Waals surface area contributed by atoms with Gasteiger partial charge in [-0.2, -0.15) is 0 Å². The number of rotatable bonds is 6. The Kier molecular flexibility index (Phi) is 6.22. The molecule has 0 bridgehead atoms. The third-order valence-electron chi connectivity index (χ3n) is 2.98. The Morgan fingerprint density at radius 1 is 1.20 bits per heavy atom. The minimum Gasteiger partial charge on any atom is -0.350 e. The van der Waals surface area contributed by atoms with Gasteiger partial charge in [-0.15, -0.1) is 0 Å². The second-order valence-electron chi connectivity index (χ2n) is 5.56. The molecule has 20 heavy (non-hydrogen) atoms. The number of nitrogens with zero attached hydrogens (tertiary/aromatic N) is 1. The van der Waals surface area contributed by atoms with E-state index in [1.165, 1.54) is 12.5 Å². The normalized spacial score (nSPS) is 10.4. The Balaban J connectivity index is 2.45. The van der Waals surface area contributed by atoms with E-state index in [1.807, 2.05) is 45.0 Å². The van der Waals surface area contributed by atoms with Gasteiger partial charge in [0.2, 0.25) is 11.8 Å². The molecule has 0 aliphatic heterocycles. The van der Waals surface area contributed by atoms with Crippen molar-refractivity contribution in [3.05, 3.63) is 35.4 Å². The maximum atomic E-state index is 11.9. The van der Waals surface area contributed by atoms with Gasteiger partial charge in [0.15, 0.2) is 0 Å². The predicted molar refractivity (Wildman–Crippen MR) is 80.1 cm³/mol. The largest absolute Gasteiger partial charge is 0.350 e. The Bertz CT molecular complexity index is 452. The minimum atomic E-state index is -0.124. The Morgan fingerprint density at radius 2 is 1.80 bits per heavy atom. The van der Waals surface area contributed by atoms with Gasteiger partial charge in [-0.3, -0.25) is 9.59 Å². The van der Waals surface area contributed by atoms with Crippen LogP contribution in [-0.2, 0) is 16.1 Å². The summed E-state index contributed by atoms with van der Waals surface area (Å²) in [5, 5.41) is 2.84. The van der Waals surface area contributed by atoms with Crippen molar-refractivity contribution in [2.45, 2.75) is 34.2 Å². The van der Waals surface area contributed by atoms with Crippen LogP contribution in [0.4, 0.5) is 0 Å². The molecule has 0 saturated heterocycles. The summed E-state index contributed by atoms with van der Waals surface area (Å²) in [5.74, 6) is 0.161. The molecule has 0 unspecified atom stereocenters. The summed E-state index contributed by atoms with van der Waals surface area (Å²) >= 11 is 0. The second kappa shape index (κ2) is 7.68.